The lowest BCUT2D eigenvalue weighted by atomic mass is 10.0. The number of hydrogen-bond donors (Lipinski definition) is 0. The zero-order chi connectivity index (χ0) is 12.7. The normalized spacial score (nSPS) is 9.18. The number of pyridine rings is 1. The molecule has 0 saturated carbocycles. The Morgan fingerprint density at radius 3 is 2.18 bits per heavy atom. The van der Waals surface area contributed by atoms with Crippen molar-refractivity contribution in [3.8, 4) is 16.9 Å². The maximum absolute atomic E-state index is 5.29. The van der Waals surface area contributed by atoms with Gasteiger partial charge in [-0.05, 0) is 41.8 Å². The van der Waals surface area contributed by atoms with Crippen LogP contribution in [0.2, 0.25) is 0 Å². The summed E-state index contributed by atoms with van der Waals surface area (Å²) in [5.74, 6) is 0.921. The Kier molecular flexibility index (Phi) is 5.21. The molecule has 0 amide bonds. The maximum Gasteiger partial charge on any atom is 0.122 e. The summed E-state index contributed by atoms with van der Waals surface area (Å²) in [6.07, 6.45) is 3.59. The summed E-state index contributed by atoms with van der Waals surface area (Å²) in [4.78, 5) is 4.00. The Morgan fingerprint density at radius 1 is 0.941 bits per heavy atom. The minimum absolute atomic E-state index is 0.921. The lowest BCUT2D eigenvalue weighted by Gasteiger charge is -2.07. The summed E-state index contributed by atoms with van der Waals surface area (Å²) in [5, 5.41) is 0. The Morgan fingerprint density at radius 2 is 1.59 bits per heavy atom. The molecule has 0 atom stereocenters. The van der Waals surface area contributed by atoms with Crippen molar-refractivity contribution in [2.75, 3.05) is 7.11 Å². The highest BCUT2D eigenvalue weighted by atomic mass is 16.5. The topological polar surface area (TPSA) is 22.1 Å². The number of aromatic nitrogens is 1. The van der Waals surface area contributed by atoms with Gasteiger partial charge < -0.3 is 4.74 Å². The van der Waals surface area contributed by atoms with Crippen LogP contribution in [0.25, 0.3) is 11.1 Å². The van der Waals surface area contributed by atoms with E-state index in [0.29, 0.717) is 0 Å². The van der Waals surface area contributed by atoms with Gasteiger partial charge in [-0.2, -0.15) is 0 Å². The Balaban J connectivity index is 0.000000686. The van der Waals surface area contributed by atoms with E-state index < -0.39 is 0 Å². The van der Waals surface area contributed by atoms with Crippen LogP contribution < -0.4 is 4.74 Å². The first-order chi connectivity index (χ1) is 8.31. The second-order valence-electron chi connectivity index (χ2n) is 3.42. The number of methoxy groups -OCH3 is 1. The van der Waals surface area contributed by atoms with Gasteiger partial charge in [0.05, 0.1) is 7.11 Å². The van der Waals surface area contributed by atoms with E-state index in [1.54, 1.807) is 19.5 Å². The third kappa shape index (κ3) is 3.31. The highest BCUT2D eigenvalue weighted by molar-refractivity contribution is 5.65. The van der Waals surface area contributed by atoms with E-state index in [2.05, 4.69) is 17.1 Å². The molecule has 2 heteroatoms. The quantitative estimate of drug-likeness (QED) is 0.773. The molecule has 0 saturated heterocycles. The van der Waals surface area contributed by atoms with E-state index in [4.69, 9.17) is 4.74 Å². The minimum Gasteiger partial charge on any atom is -0.496 e. The van der Waals surface area contributed by atoms with E-state index in [1.807, 2.05) is 39.0 Å². The number of aryl methyl sites for hydroxylation is 1. The van der Waals surface area contributed by atoms with Crippen LogP contribution in [0, 0.1) is 6.92 Å². The Hall–Kier alpha value is -1.83. The SMILES string of the molecule is CC.COc1cc(-c2ccncc2)ccc1C. The fourth-order valence-corrected chi connectivity index (χ4v) is 1.54. The molecule has 2 aromatic rings. The molecule has 17 heavy (non-hydrogen) atoms. The highest BCUT2D eigenvalue weighted by Crippen LogP contribution is 2.26. The molecule has 0 fully saturated rings. The first kappa shape index (κ1) is 13.2. The molecule has 0 aliphatic heterocycles. The molecule has 90 valence electrons. The van der Waals surface area contributed by atoms with Gasteiger partial charge in [0.2, 0.25) is 0 Å². The van der Waals surface area contributed by atoms with E-state index >= 15 is 0 Å². The van der Waals surface area contributed by atoms with Crippen molar-refractivity contribution < 1.29 is 4.74 Å². The number of rotatable bonds is 2. The summed E-state index contributed by atoms with van der Waals surface area (Å²) >= 11 is 0. The zero-order valence-corrected chi connectivity index (χ0v) is 10.9. The van der Waals surface area contributed by atoms with Crippen molar-refractivity contribution >= 4 is 0 Å². The fraction of sp³-hybridized carbons (Fsp3) is 0.267. The Labute approximate surface area is 103 Å². The van der Waals surface area contributed by atoms with Crippen LogP contribution in [0.3, 0.4) is 0 Å². The van der Waals surface area contributed by atoms with Crippen LogP contribution in [0.5, 0.6) is 5.75 Å². The van der Waals surface area contributed by atoms with Crippen LogP contribution in [-0.4, -0.2) is 12.1 Å². The van der Waals surface area contributed by atoms with Gasteiger partial charge >= 0.3 is 0 Å². The average Bonchev–Trinajstić information content (AvgIpc) is 2.42. The van der Waals surface area contributed by atoms with Gasteiger partial charge in [0, 0.05) is 12.4 Å². The van der Waals surface area contributed by atoms with Crippen molar-refractivity contribution in [2.24, 2.45) is 0 Å². The van der Waals surface area contributed by atoms with Gasteiger partial charge in [0.15, 0.2) is 0 Å². The molecule has 0 aliphatic carbocycles. The molecule has 0 unspecified atom stereocenters. The van der Waals surface area contributed by atoms with Gasteiger partial charge in [-0.3, -0.25) is 4.98 Å². The smallest absolute Gasteiger partial charge is 0.122 e. The molecule has 1 aromatic heterocycles. The largest absolute Gasteiger partial charge is 0.496 e. The summed E-state index contributed by atoms with van der Waals surface area (Å²) in [5.41, 5.74) is 3.46. The van der Waals surface area contributed by atoms with E-state index in [9.17, 15) is 0 Å². The molecule has 0 N–H and O–H groups in total. The lowest BCUT2D eigenvalue weighted by Crippen LogP contribution is -1.87. The van der Waals surface area contributed by atoms with E-state index in [-0.39, 0.29) is 0 Å². The number of benzene rings is 1. The number of hydrogen-bond acceptors (Lipinski definition) is 2. The van der Waals surface area contributed by atoms with Gasteiger partial charge in [-0.1, -0.05) is 26.0 Å². The molecule has 0 spiro atoms. The fourth-order valence-electron chi connectivity index (χ4n) is 1.54. The predicted octanol–water partition coefficient (Wildman–Crippen LogP) is 4.09. The summed E-state index contributed by atoms with van der Waals surface area (Å²) in [7, 11) is 1.69. The molecule has 1 heterocycles. The molecule has 0 aliphatic rings. The van der Waals surface area contributed by atoms with Crippen molar-refractivity contribution in [1.29, 1.82) is 0 Å². The maximum atomic E-state index is 5.29. The van der Waals surface area contributed by atoms with Crippen molar-refractivity contribution in [1.82, 2.24) is 4.98 Å². The lowest BCUT2D eigenvalue weighted by molar-refractivity contribution is 0.412. The highest BCUT2D eigenvalue weighted by Gasteiger charge is 2.01. The van der Waals surface area contributed by atoms with Crippen LogP contribution in [0.1, 0.15) is 19.4 Å². The molecular formula is C15H19NO. The van der Waals surface area contributed by atoms with E-state index in [0.717, 1.165) is 22.4 Å². The first-order valence-corrected chi connectivity index (χ1v) is 5.86. The average molecular weight is 229 g/mol. The molecule has 0 radical (unpaired) electrons. The number of ether oxygens (including phenoxy) is 1. The standard InChI is InChI=1S/C13H13NO.C2H6/c1-10-3-4-12(9-13(10)15-2)11-5-7-14-8-6-11;1-2/h3-9H,1-2H3;1-2H3. The van der Waals surface area contributed by atoms with Crippen molar-refractivity contribution in [3.05, 3.63) is 48.3 Å². The van der Waals surface area contributed by atoms with Gasteiger partial charge in [-0.25, -0.2) is 0 Å². The van der Waals surface area contributed by atoms with Gasteiger partial charge in [0.25, 0.3) is 0 Å². The molecule has 2 rings (SSSR count). The summed E-state index contributed by atoms with van der Waals surface area (Å²) in [6, 6.07) is 10.2. The molecular weight excluding hydrogens is 210 g/mol. The molecule has 0 bridgehead atoms. The molecule has 2 nitrogen and oxygen atoms in total. The van der Waals surface area contributed by atoms with Crippen molar-refractivity contribution in [2.45, 2.75) is 20.8 Å². The molecule has 1 aromatic carbocycles. The van der Waals surface area contributed by atoms with Crippen LogP contribution in [-0.2, 0) is 0 Å². The summed E-state index contributed by atoms with van der Waals surface area (Å²) < 4.78 is 5.29. The van der Waals surface area contributed by atoms with Crippen LogP contribution in [0.4, 0.5) is 0 Å². The second kappa shape index (κ2) is 6.69. The van der Waals surface area contributed by atoms with Crippen LogP contribution >= 0.6 is 0 Å². The first-order valence-electron chi connectivity index (χ1n) is 5.86. The second-order valence-corrected chi connectivity index (χ2v) is 3.42. The van der Waals surface area contributed by atoms with E-state index in [1.165, 1.54) is 0 Å². The van der Waals surface area contributed by atoms with Crippen LogP contribution in [0.15, 0.2) is 42.7 Å². The minimum atomic E-state index is 0.921. The van der Waals surface area contributed by atoms with Gasteiger partial charge in [-0.15, -0.1) is 0 Å². The Bertz CT molecular complexity index is 452. The monoisotopic (exact) mass is 229 g/mol. The zero-order valence-electron chi connectivity index (χ0n) is 10.9. The third-order valence-electron chi connectivity index (χ3n) is 2.42. The third-order valence-corrected chi connectivity index (χ3v) is 2.42. The summed E-state index contributed by atoms with van der Waals surface area (Å²) in [6.45, 7) is 6.04. The van der Waals surface area contributed by atoms with Crippen molar-refractivity contribution in [3.63, 3.8) is 0 Å². The number of nitrogens with zero attached hydrogens (tertiary/aromatic N) is 1. The van der Waals surface area contributed by atoms with Gasteiger partial charge in [0.1, 0.15) is 5.75 Å². The predicted molar refractivity (Wildman–Crippen MR) is 72.3 cm³/mol.